The average molecular weight is 506 g/mol. The number of nitrogens with zero attached hydrogens (tertiary/aromatic N) is 2. The van der Waals surface area contributed by atoms with Crippen molar-refractivity contribution < 1.29 is 9.18 Å². The van der Waals surface area contributed by atoms with Gasteiger partial charge in [-0.05, 0) is 46.7 Å². The van der Waals surface area contributed by atoms with E-state index in [4.69, 9.17) is 16.6 Å². The third-order valence-corrected chi connectivity index (χ3v) is 6.06. The third kappa shape index (κ3) is 3.34. The van der Waals surface area contributed by atoms with Crippen LogP contribution < -0.4 is 0 Å². The zero-order valence-electron chi connectivity index (χ0n) is 16.6. The fraction of sp³-hybridized carbons (Fsp3) is 0. The van der Waals surface area contributed by atoms with Crippen LogP contribution in [0.5, 0.6) is 0 Å². The lowest BCUT2D eigenvalue weighted by atomic mass is 10.0. The first-order valence-electron chi connectivity index (χ1n) is 9.80. The van der Waals surface area contributed by atoms with E-state index in [0.29, 0.717) is 31.9 Å². The first-order chi connectivity index (χ1) is 15.5. The van der Waals surface area contributed by atoms with Gasteiger partial charge in [-0.15, -0.1) is 0 Å². The Morgan fingerprint density at radius 2 is 1.84 bits per heavy atom. The van der Waals surface area contributed by atoms with Crippen LogP contribution >= 0.6 is 27.5 Å². The zero-order chi connectivity index (χ0) is 22.4. The number of aromatic nitrogens is 2. The smallest absolute Gasteiger partial charge is 0.267 e. The van der Waals surface area contributed by atoms with Crippen LogP contribution in [-0.2, 0) is 0 Å². The van der Waals surface area contributed by atoms with Gasteiger partial charge in [0.2, 0.25) is 0 Å². The highest BCUT2D eigenvalue weighted by Gasteiger charge is 2.25. The number of carbonyl (C=O) groups excluding carboxylic acids is 1. The van der Waals surface area contributed by atoms with Gasteiger partial charge in [0, 0.05) is 15.1 Å². The molecular weight excluding hydrogens is 491 g/mol. The number of benzene rings is 4. The Hall–Kier alpha value is -3.28. The van der Waals surface area contributed by atoms with E-state index in [2.05, 4.69) is 22.5 Å². The summed E-state index contributed by atoms with van der Waals surface area (Å²) in [7, 11) is 0. The SMILES string of the molecule is C=Cc1cc(Br)cc(F)c1C(=O)n1c(-c2cccc3ccccc23)nc2cc(Cl)ccc21. The molecule has 0 unspecified atom stereocenters. The molecule has 0 radical (unpaired) electrons. The predicted octanol–water partition coefficient (Wildman–Crippen LogP) is 7.74. The van der Waals surface area contributed by atoms with E-state index >= 15 is 4.39 Å². The summed E-state index contributed by atoms with van der Waals surface area (Å²) in [5, 5.41) is 2.45. The highest BCUT2D eigenvalue weighted by Crippen LogP contribution is 2.33. The predicted molar refractivity (Wildman–Crippen MR) is 132 cm³/mol. The monoisotopic (exact) mass is 504 g/mol. The molecule has 6 heteroatoms. The average Bonchev–Trinajstić information content (AvgIpc) is 3.16. The number of carbonyl (C=O) groups is 1. The molecule has 0 fully saturated rings. The van der Waals surface area contributed by atoms with Crippen molar-refractivity contribution >= 4 is 61.3 Å². The molecule has 5 aromatic rings. The van der Waals surface area contributed by atoms with Gasteiger partial charge in [0.1, 0.15) is 11.6 Å². The standard InChI is InChI=1S/C26H15BrClFN2O/c1-2-15-12-17(27)13-21(29)24(15)26(32)31-23-11-10-18(28)14-22(23)30-25(31)20-9-5-7-16-6-3-4-8-19(16)20/h2-14H,1H2. The molecule has 0 spiro atoms. The van der Waals surface area contributed by atoms with Crippen LogP contribution in [-0.4, -0.2) is 15.5 Å². The summed E-state index contributed by atoms with van der Waals surface area (Å²) in [5.41, 5.74) is 2.17. The largest absolute Gasteiger partial charge is 0.268 e. The van der Waals surface area contributed by atoms with Gasteiger partial charge in [0.15, 0.2) is 0 Å². The first-order valence-corrected chi connectivity index (χ1v) is 11.0. The second-order valence-corrected chi connectivity index (χ2v) is 8.64. The van der Waals surface area contributed by atoms with E-state index in [0.717, 1.165) is 16.3 Å². The lowest BCUT2D eigenvalue weighted by Gasteiger charge is -2.13. The van der Waals surface area contributed by atoms with Gasteiger partial charge < -0.3 is 0 Å². The summed E-state index contributed by atoms with van der Waals surface area (Å²) >= 11 is 9.47. The quantitative estimate of drug-likeness (QED) is 0.251. The normalized spacial score (nSPS) is 11.2. The topological polar surface area (TPSA) is 34.9 Å². The van der Waals surface area contributed by atoms with E-state index < -0.39 is 11.7 Å². The molecule has 0 saturated carbocycles. The van der Waals surface area contributed by atoms with E-state index in [9.17, 15) is 4.79 Å². The Morgan fingerprint density at radius 3 is 2.66 bits per heavy atom. The van der Waals surface area contributed by atoms with Crippen LogP contribution in [0.1, 0.15) is 15.9 Å². The minimum atomic E-state index is -0.640. The molecule has 3 nitrogen and oxygen atoms in total. The Kier molecular flexibility index (Phi) is 5.16. The molecule has 0 bridgehead atoms. The van der Waals surface area contributed by atoms with Gasteiger partial charge in [0.25, 0.3) is 5.91 Å². The van der Waals surface area contributed by atoms with Crippen LogP contribution in [0.3, 0.4) is 0 Å². The van der Waals surface area contributed by atoms with Gasteiger partial charge in [-0.1, -0.05) is 82.7 Å². The highest BCUT2D eigenvalue weighted by molar-refractivity contribution is 9.10. The van der Waals surface area contributed by atoms with Crippen molar-refractivity contribution in [2.24, 2.45) is 0 Å². The van der Waals surface area contributed by atoms with Crippen molar-refractivity contribution in [3.05, 3.63) is 106 Å². The van der Waals surface area contributed by atoms with Crippen molar-refractivity contribution in [1.82, 2.24) is 9.55 Å². The number of rotatable bonds is 3. The van der Waals surface area contributed by atoms with E-state index in [-0.39, 0.29) is 5.56 Å². The Labute approximate surface area is 196 Å². The fourth-order valence-corrected chi connectivity index (χ4v) is 4.57. The third-order valence-electron chi connectivity index (χ3n) is 5.37. The molecule has 32 heavy (non-hydrogen) atoms. The van der Waals surface area contributed by atoms with Gasteiger partial charge >= 0.3 is 0 Å². The van der Waals surface area contributed by atoms with Crippen molar-refractivity contribution in [1.29, 1.82) is 0 Å². The minimum Gasteiger partial charge on any atom is -0.268 e. The number of imidazole rings is 1. The van der Waals surface area contributed by atoms with Crippen LogP contribution in [0.2, 0.25) is 5.02 Å². The molecule has 156 valence electrons. The van der Waals surface area contributed by atoms with Crippen molar-refractivity contribution in [3.63, 3.8) is 0 Å². The number of fused-ring (bicyclic) bond motifs is 2. The van der Waals surface area contributed by atoms with Crippen LogP contribution in [0.15, 0.2) is 83.8 Å². The van der Waals surface area contributed by atoms with E-state index in [1.165, 1.54) is 16.7 Å². The molecule has 0 aliphatic carbocycles. The summed E-state index contributed by atoms with van der Waals surface area (Å²) in [6.45, 7) is 3.75. The summed E-state index contributed by atoms with van der Waals surface area (Å²) < 4.78 is 17.0. The van der Waals surface area contributed by atoms with Crippen LogP contribution in [0, 0.1) is 5.82 Å². The number of hydrogen-bond donors (Lipinski definition) is 0. The Balaban J connectivity index is 1.86. The van der Waals surface area contributed by atoms with Gasteiger partial charge in [0.05, 0.1) is 16.6 Å². The van der Waals surface area contributed by atoms with Crippen molar-refractivity contribution in [2.75, 3.05) is 0 Å². The Morgan fingerprint density at radius 1 is 1.06 bits per heavy atom. The fourth-order valence-electron chi connectivity index (χ4n) is 3.95. The summed E-state index contributed by atoms with van der Waals surface area (Å²) in [4.78, 5) is 18.6. The minimum absolute atomic E-state index is 0.0704. The van der Waals surface area contributed by atoms with Crippen LogP contribution in [0.25, 0.3) is 39.3 Å². The second kappa shape index (κ2) is 8.01. The molecule has 4 aromatic carbocycles. The first kappa shape index (κ1) is 20.6. The molecule has 1 aromatic heterocycles. The van der Waals surface area contributed by atoms with E-state index in [1.54, 1.807) is 24.3 Å². The molecular formula is C26H15BrClFN2O. The van der Waals surface area contributed by atoms with Crippen molar-refractivity contribution in [2.45, 2.75) is 0 Å². The summed E-state index contributed by atoms with van der Waals surface area (Å²) in [6.07, 6.45) is 1.47. The summed E-state index contributed by atoms with van der Waals surface area (Å²) in [6, 6.07) is 21.7. The lowest BCUT2D eigenvalue weighted by molar-refractivity contribution is 0.0962. The molecule has 0 aliphatic rings. The maximum absolute atomic E-state index is 15.0. The van der Waals surface area contributed by atoms with Crippen LogP contribution in [0.4, 0.5) is 4.39 Å². The summed E-state index contributed by atoms with van der Waals surface area (Å²) in [5.74, 6) is -0.752. The second-order valence-electron chi connectivity index (χ2n) is 7.29. The highest BCUT2D eigenvalue weighted by atomic mass is 79.9. The molecule has 5 rings (SSSR count). The number of hydrogen-bond acceptors (Lipinski definition) is 2. The molecule has 0 N–H and O–H groups in total. The lowest BCUT2D eigenvalue weighted by Crippen LogP contribution is -2.17. The van der Waals surface area contributed by atoms with Gasteiger partial charge in [-0.2, -0.15) is 0 Å². The molecule has 0 aliphatic heterocycles. The maximum atomic E-state index is 15.0. The molecule has 0 amide bonds. The molecule has 0 saturated heterocycles. The molecule has 1 heterocycles. The van der Waals surface area contributed by atoms with Crippen molar-refractivity contribution in [3.8, 4) is 11.4 Å². The zero-order valence-corrected chi connectivity index (χ0v) is 19.0. The Bertz CT molecular complexity index is 1550. The molecule has 0 atom stereocenters. The van der Waals surface area contributed by atoms with E-state index in [1.807, 2.05) is 42.5 Å². The van der Waals surface area contributed by atoms with Gasteiger partial charge in [-0.25, -0.2) is 9.37 Å². The number of halogens is 3. The van der Waals surface area contributed by atoms with Gasteiger partial charge in [-0.3, -0.25) is 9.36 Å². The maximum Gasteiger partial charge on any atom is 0.267 e.